The molecule has 0 aromatic heterocycles. The number of hydrogen-bond acceptors (Lipinski definition) is 5. The molecule has 9 nitrogen and oxygen atoms in total. The minimum atomic E-state index is -0.474. The molecule has 1 aromatic rings. The van der Waals surface area contributed by atoms with Crippen molar-refractivity contribution in [3.8, 4) is 0 Å². The van der Waals surface area contributed by atoms with Crippen LogP contribution in [0.25, 0.3) is 10.4 Å². The van der Waals surface area contributed by atoms with E-state index in [1.54, 1.807) is 29.2 Å². The van der Waals surface area contributed by atoms with E-state index < -0.39 is 6.09 Å². The average Bonchev–Trinajstić information content (AvgIpc) is 2.94. The molecule has 2 heterocycles. The zero-order valence-corrected chi connectivity index (χ0v) is 12.3. The number of amides is 2. The summed E-state index contributed by atoms with van der Waals surface area (Å²) >= 11 is 0. The lowest BCUT2D eigenvalue weighted by atomic mass is 10.2. The molecule has 1 atom stereocenters. The molecule has 1 unspecified atom stereocenters. The highest BCUT2D eigenvalue weighted by Gasteiger charge is 2.33. The number of cyclic esters (lactones) is 1. The normalized spacial score (nSPS) is 21.1. The van der Waals surface area contributed by atoms with Crippen LogP contribution in [0.5, 0.6) is 0 Å². The average molecular weight is 317 g/mol. The summed E-state index contributed by atoms with van der Waals surface area (Å²) in [5.41, 5.74) is 9.81. The summed E-state index contributed by atoms with van der Waals surface area (Å²) in [7, 11) is 0. The highest BCUT2D eigenvalue weighted by Crippen LogP contribution is 2.26. The smallest absolute Gasteiger partial charge is 0.414 e. The molecular formula is C14H15N5O4. The zero-order valence-electron chi connectivity index (χ0n) is 12.3. The molecule has 2 saturated heterocycles. The van der Waals surface area contributed by atoms with Crippen LogP contribution in [0, 0.1) is 0 Å². The van der Waals surface area contributed by atoms with Gasteiger partial charge >= 0.3 is 6.09 Å². The van der Waals surface area contributed by atoms with Crippen LogP contribution in [0.2, 0.25) is 0 Å². The second-order valence-corrected chi connectivity index (χ2v) is 5.13. The van der Waals surface area contributed by atoms with Gasteiger partial charge in [-0.1, -0.05) is 5.11 Å². The van der Waals surface area contributed by atoms with Gasteiger partial charge in [-0.3, -0.25) is 9.69 Å². The Balaban J connectivity index is 1.79. The van der Waals surface area contributed by atoms with E-state index >= 15 is 0 Å². The Morgan fingerprint density at radius 2 is 2.00 bits per heavy atom. The van der Waals surface area contributed by atoms with Gasteiger partial charge in [0.25, 0.3) is 5.91 Å². The summed E-state index contributed by atoms with van der Waals surface area (Å²) in [6.07, 6.45) is -0.474. The predicted molar refractivity (Wildman–Crippen MR) is 81.2 cm³/mol. The summed E-state index contributed by atoms with van der Waals surface area (Å²) in [6.45, 7) is 1.41. The first-order valence-electron chi connectivity index (χ1n) is 7.15. The van der Waals surface area contributed by atoms with Gasteiger partial charge in [0.2, 0.25) is 0 Å². The third kappa shape index (κ3) is 3.05. The molecule has 120 valence electrons. The van der Waals surface area contributed by atoms with Crippen LogP contribution in [-0.4, -0.2) is 51.0 Å². The second-order valence-electron chi connectivity index (χ2n) is 5.13. The minimum Gasteiger partial charge on any atom is -0.447 e. The zero-order chi connectivity index (χ0) is 16.2. The summed E-state index contributed by atoms with van der Waals surface area (Å²) in [6, 6.07) is 6.71. The van der Waals surface area contributed by atoms with Crippen molar-refractivity contribution in [2.75, 3.05) is 42.7 Å². The van der Waals surface area contributed by atoms with Gasteiger partial charge in [-0.25, -0.2) is 4.79 Å². The van der Waals surface area contributed by atoms with E-state index in [4.69, 9.17) is 15.0 Å². The molecule has 9 heteroatoms. The second kappa shape index (κ2) is 6.55. The lowest BCUT2D eigenvalue weighted by molar-refractivity contribution is -0.125. The summed E-state index contributed by atoms with van der Waals surface area (Å²) in [5, 5.41) is 3.50. The number of nitrogens with zero attached hydrogens (tertiary/aromatic N) is 5. The van der Waals surface area contributed by atoms with E-state index in [1.807, 2.05) is 0 Å². The Labute approximate surface area is 132 Å². The number of azide groups is 1. The summed E-state index contributed by atoms with van der Waals surface area (Å²) in [4.78, 5) is 29.5. The first-order chi connectivity index (χ1) is 11.2. The molecule has 2 aliphatic heterocycles. The van der Waals surface area contributed by atoms with Crippen LogP contribution < -0.4 is 9.80 Å². The maximum absolute atomic E-state index is 11.9. The number of benzene rings is 1. The van der Waals surface area contributed by atoms with Crippen molar-refractivity contribution >= 4 is 23.4 Å². The van der Waals surface area contributed by atoms with Crippen molar-refractivity contribution in [2.24, 2.45) is 5.11 Å². The van der Waals surface area contributed by atoms with Crippen molar-refractivity contribution < 1.29 is 19.1 Å². The van der Waals surface area contributed by atoms with Gasteiger partial charge in [0.1, 0.15) is 13.2 Å². The Kier molecular flexibility index (Phi) is 4.31. The number of hydrogen-bond donors (Lipinski definition) is 0. The third-order valence-corrected chi connectivity index (χ3v) is 3.74. The highest BCUT2D eigenvalue weighted by molar-refractivity contribution is 5.95. The first-order valence-corrected chi connectivity index (χ1v) is 7.15. The van der Waals surface area contributed by atoms with E-state index in [2.05, 4.69) is 10.0 Å². The molecule has 2 amide bonds. The SMILES string of the molecule is [N-]=[N+]=NCC1COC(=O)N1c1ccc(N2CCOCC2=O)cc1. The van der Waals surface area contributed by atoms with Crippen molar-refractivity contribution in [1.29, 1.82) is 0 Å². The number of ether oxygens (including phenoxy) is 2. The molecule has 3 rings (SSSR count). The molecule has 2 aliphatic rings. The fourth-order valence-electron chi connectivity index (χ4n) is 2.63. The quantitative estimate of drug-likeness (QED) is 0.478. The van der Waals surface area contributed by atoms with Crippen molar-refractivity contribution in [3.63, 3.8) is 0 Å². The van der Waals surface area contributed by atoms with E-state index in [9.17, 15) is 9.59 Å². The van der Waals surface area contributed by atoms with Crippen molar-refractivity contribution in [3.05, 3.63) is 34.7 Å². The van der Waals surface area contributed by atoms with Crippen molar-refractivity contribution in [2.45, 2.75) is 6.04 Å². The van der Waals surface area contributed by atoms with Crippen LogP contribution in [-0.2, 0) is 14.3 Å². The largest absolute Gasteiger partial charge is 0.447 e. The number of carbonyl (C=O) groups is 2. The molecule has 0 bridgehead atoms. The lowest BCUT2D eigenvalue weighted by Gasteiger charge is -2.27. The number of anilines is 2. The monoisotopic (exact) mass is 317 g/mol. The van der Waals surface area contributed by atoms with Gasteiger partial charge in [0.05, 0.1) is 19.2 Å². The Bertz CT molecular complexity index is 656. The Morgan fingerprint density at radius 3 is 2.70 bits per heavy atom. The van der Waals surface area contributed by atoms with E-state index in [0.29, 0.717) is 18.8 Å². The molecular weight excluding hydrogens is 302 g/mol. The topological polar surface area (TPSA) is 108 Å². The molecule has 1 aromatic carbocycles. The number of carbonyl (C=O) groups excluding carboxylic acids is 2. The Hall–Kier alpha value is -2.77. The van der Waals surface area contributed by atoms with Gasteiger partial charge in [0.15, 0.2) is 0 Å². The predicted octanol–water partition coefficient (Wildman–Crippen LogP) is 1.69. The molecule has 23 heavy (non-hydrogen) atoms. The van der Waals surface area contributed by atoms with E-state index in [-0.39, 0.29) is 31.7 Å². The minimum absolute atomic E-state index is 0.0778. The highest BCUT2D eigenvalue weighted by atomic mass is 16.6. The van der Waals surface area contributed by atoms with Crippen LogP contribution >= 0.6 is 0 Å². The number of rotatable bonds is 4. The molecule has 0 aliphatic carbocycles. The third-order valence-electron chi connectivity index (χ3n) is 3.74. The standard InChI is InChI=1S/C14H15N5O4/c15-17-16-7-12-8-23-14(21)19(12)11-3-1-10(2-4-11)18-5-6-22-9-13(18)20/h1-4,12H,5-9H2. The summed E-state index contributed by atoms with van der Waals surface area (Å²) < 4.78 is 10.1. The lowest BCUT2D eigenvalue weighted by Crippen LogP contribution is -2.41. The van der Waals surface area contributed by atoms with Gasteiger partial charge in [-0.15, -0.1) is 0 Å². The molecule has 0 N–H and O–H groups in total. The van der Waals surface area contributed by atoms with Crippen LogP contribution in [0.3, 0.4) is 0 Å². The van der Waals surface area contributed by atoms with Gasteiger partial charge < -0.3 is 14.4 Å². The van der Waals surface area contributed by atoms with Gasteiger partial charge in [-0.2, -0.15) is 0 Å². The molecule has 0 spiro atoms. The molecule has 2 fully saturated rings. The fraction of sp³-hybridized carbons (Fsp3) is 0.429. The molecule has 0 radical (unpaired) electrons. The van der Waals surface area contributed by atoms with E-state index in [1.165, 1.54) is 4.90 Å². The maximum atomic E-state index is 11.9. The maximum Gasteiger partial charge on any atom is 0.414 e. The first kappa shape index (κ1) is 15.1. The van der Waals surface area contributed by atoms with Crippen LogP contribution in [0.15, 0.2) is 29.4 Å². The van der Waals surface area contributed by atoms with Crippen molar-refractivity contribution in [1.82, 2.24) is 0 Å². The van der Waals surface area contributed by atoms with Gasteiger partial charge in [0, 0.05) is 22.8 Å². The Morgan fingerprint density at radius 1 is 1.26 bits per heavy atom. The van der Waals surface area contributed by atoms with Crippen LogP contribution in [0.4, 0.5) is 16.2 Å². The van der Waals surface area contributed by atoms with Gasteiger partial charge in [-0.05, 0) is 29.8 Å². The summed E-state index contributed by atoms with van der Waals surface area (Å²) in [5.74, 6) is -0.0918. The van der Waals surface area contributed by atoms with Crippen LogP contribution in [0.1, 0.15) is 0 Å². The molecule has 0 saturated carbocycles. The fourth-order valence-corrected chi connectivity index (χ4v) is 2.63. The number of morpholine rings is 1. The van der Waals surface area contributed by atoms with E-state index in [0.717, 1.165) is 5.69 Å².